The van der Waals surface area contributed by atoms with E-state index >= 15 is 0 Å². The normalized spacial score (nSPS) is 22.7. The van der Waals surface area contributed by atoms with E-state index in [1.807, 2.05) is 196 Å². The molecule has 17 heteroatoms. The van der Waals surface area contributed by atoms with E-state index in [0.717, 1.165) is 44.5 Å². The third-order valence-corrected chi connectivity index (χ3v) is 17.1. The lowest BCUT2D eigenvalue weighted by atomic mass is 9.96. The first kappa shape index (κ1) is 61.3. The van der Waals surface area contributed by atoms with Crippen LogP contribution in [0, 0.1) is 13.8 Å². The van der Waals surface area contributed by atoms with Crippen molar-refractivity contribution in [2.75, 3.05) is 13.2 Å². The van der Waals surface area contributed by atoms with E-state index in [-0.39, 0.29) is 49.4 Å². The van der Waals surface area contributed by atoms with Gasteiger partial charge in [-0.3, -0.25) is 8.37 Å². The summed E-state index contributed by atoms with van der Waals surface area (Å²) in [4.78, 5) is -0.108. The lowest BCUT2D eigenvalue weighted by Gasteiger charge is -2.49. The summed E-state index contributed by atoms with van der Waals surface area (Å²) in [5, 5.41) is 0. The Morgan fingerprint density at radius 2 is 0.541 bits per heavy atom. The van der Waals surface area contributed by atoms with Crippen molar-refractivity contribution in [3.8, 4) is 0 Å². The predicted octanol–water partition coefficient (Wildman–Crippen LogP) is 11.4. The smallest absolute Gasteiger partial charge is 0.297 e. The highest BCUT2D eigenvalue weighted by Crippen LogP contribution is 2.38. The van der Waals surface area contributed by atoms with Gasteiger partial charge in [0.1, 0.15) is 48.8 Å². The summed E-state index contributed by atoms with van der Waals surface area (Å²) in [5.41, 5.74) is 6.68. The average Bonchev–Trinajstić information content (AvgIpc) is 2.97. The quantitative estimate of drug-likeness (QED) is 0.0424. The van der Waals surface area contributed by atoms with Crippen LogP contribution in [-0.2, 0) is 111 Å². The van der Waals surface area contributed by atoms with Crippen molar-refractivity contribution in [2.45, 2.75) is 125 Å². The Balaban J connectivity index is 1.08. The van der Waals surface area contributed by atoms with Crippen molar-refractivity contribution in [1.29, 1.82) is 0 Å². The van der Waals surface area contributed by atoms with E-state index in [1.54, 1.807) is 24.3 Å². The van der Waals surface area contributed by atoms with Crippen molar-refractivity contribution in [3.63, 3.8) is 0 Å². The van der Waals surface area contributed by atoms with Gasteiger partial charge < -0.3 is 42.6 Å². The molecular weight excluding hydrogens is 1120 g/mol. The van der Waals surface area contributed by atoms with Crippen LogP contribution in [0.3, 0.4) is 0 Å². The molecule has 10 rings (SSSR count). The Morgan fingerprint density at radius 3 is 0.800 bits per heavy atom. The van der Waals surface area contributed by atoms with Gasteiger partial charge in [-0.15, -0.1) is 0 Å². The van der Waals surface area contributed by atoms with Crippen molar-refractivity contribution in [2.24, 2.45) is 0 Å². The minimum absolute atomic E-state index is 0.0410. The summed E-state index contributed by atoms with van der Waals surface area (Å²) in [7, 11) is -8.78. The molecule has 0 radical (unpaired) electrons. The van der Waals surface area contributed by atoms with Crippen LogP contribution in [0.2, 0.25) is 0 Å². The van der Waals surface area contributed by atoms with E-state index in [9.17, 15) is 16.8 Å². The molecule has 444 valence electrons. The molecule has 0 spiro atoms. The lowest BCUT2D eigenvalue weighted by Crippen LogP contribution is -2.66. The molecular formula is C68H70O15S2. The van der Waals surface area contributed by atoms with Crippen LogP contribution in [0.5, 0.6) is 0 Å². The number of hydrogen-bond acceptors (Lipinski definition) is 15. The molecule has 2 aliphatic heterocycles. The fraction of sp³-hybridized carbons (Fsp3) is 0.294. The Morgan fingerprint density at radius 1 is 0.306 bits per heavy atom. The van der Waals surface area contributed by atoms with Crippen LogP contribution in [0.25, 0.3) is 0 Å². The second-order valence-electron chi connectivity index (χ2n) is 20.9. The fourth-order valence-corrected chi connectivity index (χ4v) is 11.8. The van der Waals surface area contributed by atoms with E-state index in [0.29, 0.717) is 0 Å². The van der Waals surface area contributed by atoms with Gasteiger partial charge >= 0.3 is 0 Å². The third kappa shape index (κ3) is 17.2. The van der Waals surface area contributed by atoms with Crippen LogP contribution >= 0.6 is 0 Å². The van der Waals surface area contributed by atoms with Crippen LogP contribution in [0.4, 0.5) is 0 Å². The Bertz CT molecular complexity index is 3250. The Kier molecular flexibility index (Phi) is 21.7. The number of benzene rings is 8. The first-order valence-electron chi connectivity index (χ1n) is 28.3. The van der Waals surface area contributed by atoms with Gasteiger partial charge in [0.15, 0.2) is 12.6 Å². The van der Waals surface area contributed by atoms with Crippen molar-refractivity contribution in [3.05, 3.63) is 275 Å². The zero-order chi connectivity index (χ0) is 58.9. The SMILES string of the molecule is Cc1ccc(S(=O)(=O)OC[C@H]2O[C@H](O[C@H]3O[C@H](COS(=O)(=O)c4ccc(C)cc4)[C@@H](OCc4ccccc4)[C@H](OCc4ccccc4)[C@H]3OCc3ccccc3)[C@H](OCc3ccccc3)[C@@H](OCc3ccccc3)[C@@H]2OCc2ccccc2)cc1. The zero-order valence-corrected chi connectivity index (χ0v) is 48.9. The van der Waals surface area contributed by atoms with Gasteiger partial charge in [0.2, 0.25) is 0 Å². The predicted molar refractivity (Wildman–Crippen MR) is 317 cm³/mol. The number of aryl methyl sites for hydroxylation is 2. The molecule has 2 saturated heterocycles. The van der Waals surface area contributed by atoms with E-state index < -0.39 is 94.9 Å². The van der Waals surface area contributed by atoms with E-state index in [1.165, 1.54) is 24.3 Å². The van der Waals surface area contributed by atoms with Crippen LogP contribution in [-0.4, -0.2) is 91.5 Å². The molecule has 2 heterocycles. The average molecular weight is 1190 g/mol. The van der Waals surface area contributed by atoms with Crippen LogP contribution in [0.15, 0.2) is 240 Å². The standard InChI is InChI=1S/C68H70O15S2/c1-49-33-37-57(38-34-49)84(69,70)79-47-59-61(73-41-51-21-9-3-10-22-51)63(75-43-53-25-13-5-14-26-53)65(77-45-55-29-17-7-18-30-55)67(81-59)83-68-66(78-46-56-31-19-8-20-32-56)64(76-44-54-27-15-6-16-28-54)62(74-42-52-23-11-4-12-24-52)60(82-68)48-80-85(71,72)58-39-35-50(2)36-40-58/h3-40,59-68H,41-48H2,1-2H3/t59-,60-,61-,62-,63+,64+,65-,66-,67-,68-/m1/s1. The molecule has 10 atom stereocenters. The van der Waals surface area contributed by atoms with Crippen LogP contribution < -0.4 is 0 Å². The first-order chi connectivity index (χ1) is 41.4. The van der Waals surface area contributed by atoms with Gasteiger partial charge in [-0.1, -0.05) is 217 Å². The van der Waals surface area contributed by atoms with E-state index in [2.05, 4.69) is 0 Å². The number of ether oxygens (including phenoxy) is 9. The number of rotatable bonds is 28. The fourth-order valence-electron chi connectivity index (χ4n) is 9.97. The van der Waals surface area contributed by atoms with Crippen molar-refractivity contribution < 1.29 is 67.8 Å². The topological polar surface area (TPSA) is 170 Å². The molecule has 15 nitrogen and oxygen atoms in total. The maximum Gasteiger partial charge on any atom is 0.297 e. The number of hydrogen-bond donors (Lipinski definition) is 0. The second-order valence-corrected chi connectivity index (χ2v) is 24.1. The molecule has 0 N–H and O–H groups in total. The molecule has 0 bridgehead atoms. The summed E-state index contributed by atoms with van der Waals surface area (Å²) in [5.74, 6) is 0. The van der Waals surface area contributed by atoms with Gasteiger partial charge in [0.05, 0.1) is 62.6 Å². The monoisotopic (exact) mass is 1190 g/mol. The van der Waals surface area contributed by atoms with Crippen LogP contribution in [0.1, 0.15) is 44.5 Å². The third-order valence-electron chi connectivity index (χ3n) is 14.6. The molecule has 2 aliphatic rings. The largest absolute Gasteiger partial charge is 0.368 e. The summed E-state index contributed by atoms with van der Waals surface area (Å²) in [6.07, 6.45) is -12.0. The zero-order valence-electron chi connectivity index (χ0n) is 47.3. The highest BCUT2D eigenvalue weighted by atomic mass is 32.2. The lowest BCUT2D eigenvalue weighted by molar-refractivity contribution is -0.393. The van der Waals surface area contributed by atoms with Gasteiger partial charge in [-0.05, 0) is 71.5 Å². The maximum absolute atomic E-state index is 14.1. The second kappa shape index (κ2) is 30.0. The summed E-state index contributed by atoms with van der Waals surface area (Å²) in [6, 6.07) is 70.0. The molecule has 8 aromatic rings. The summed E-state index contributed by atoms with van der Waals surface area (Å²) in [6.45, 7) is 2.95. The maximum atomic E-state index is 14.1. The molecule has 0 unspecified atom stereocenters. The highest BCUT2D eigenvalue weighted by molar-refractivity contribution is 7.87. The van der Waals surface area contributed by atoms with Crippen molar-refractivity contribution >= 4 is 20.2 Å². The van der Waals surface area contributed by atoms with Crippen molar-refractivity contribution in [1.82, 2.24) is 0 Å². The van der Waals surface area contributed by atoms with Gasteiger partial charge in [-0.25, -0.2) is 0 Å². The Hall–Kier alpha value is -6.78. The molecule has 0 amide bonds. The van der Waals surface area contributed by atoms with Gasteiger partial charge in [-0.2, -0.15) is 16.8 Å². The molecule has 0 aromatic heterocycles. The molecule has 0 aliphatic carbocycles. The van der Waals surface area contributed by atoms with Gasteiger partial charge in [0.25, 0.3) is 20.2 Å². The highest BCUT2D eigenvalue weighted by Gasteiger charge is 2.55. The first-order valence-corrected chi connectivity index (χ1v) is 31.1. The summed E-state index contributed by atoms with van der Waals surface area (Å²) < 4.78 is 132. The molecule has 0 saturated carbocycles. The Labute approximate surface area is 498 Å². The molecule has 2 fully saturated rings. The summed E-state index contributed by atoms with van der Waals surface area (Å²) >= 11 is 0. The minimum atomic E-state index is -4.39. The van der Waals surface area contributed by atoms with E-state index in [4.69, 9.17) is 51.0 Å². The molecule has 85 heavy (non-hydrogen) atoms. The van der Waals surface area contributed by atoms with Gasteiger partial charge in [0, 0.05) is 0 Å². The molecule has 8 aromatic carbocycles. The minimum Gasteiger partial charge on any atom is -0.368 e.